The number of carboxylic acids is 1. The van der Waals surface area contributed by atoms with E-state index in [1.807, 2.05) is 0 Å². The molecule has 2 aromatic heterocycles. The topological polar surface area (TPSA) is 116 Å². The summed E-state index contributed by atoms with van der Waals surface area (Å²) in [4.78, 5) is 33.1. The van der Waals surface area contributed by atoms with E-state index in [0.717, 1.165) is 5.56 Å². The van der Waals surface area contributed by atoms with Crippen LogP contribution in [0.25, 0.3) is 22.3 Å². The first kappa shape index (κ1) is 30.3. The van der Waals surface area contributed by atoms with E-state index in [-0.39, 0.29) is 42.7 Å². The lowest BCUT2D eigenvalue weighted by Crippen LogP contribution is -2.36. The molecule has 2 N–H and O–H groups in total. The van der Waals surface area contributed by atoms with Crippen LogP contribution in [0, 0.1) is 18.6 Å². The molecule has 0 bridgehead atoms. The van der Waals surface area contributed by atoms with Gasteiger partial charge in [-0.2, -0.15) is 0 Å². The number of fused-ring (bicyclic) bond motifs is 1. The van der Waals surface area contributed by atoms with Gasteiger partial charge in [-0.25, -0.2) is 23.5 Å². The quantitative estimate of drug-likeness (QED) is 0.211. The van der Waals surface area contributed by atoms with E-state index in [0.29, 0.717) is 39.2 Å². The summed E-state index contributed by atoms with van der Waals surface area (Å²) in [6.07, 6.45) is -0.827. The normalized spacial score (nSPS) is 11.8. The number of hydrogen-bond donors (Lipinski definition) is 2. The zero-order chi connectivity index (χ0) is 31.4. The number of carbonyl (C=O) groups excluding carboxylic acids is 1. The van der Waals surface area contributed by atoms with Gasteiger partial charge in [0.25, 0.3) is 5.91 Å². The second-order valence-electron chi connectivity index (χ2n) is 10.2. The minimum absolute atomic E-state index is 0.00529. The molecule has 9 nitrogen and oxygen atoms in total. The third-order valence-corrected chi connectivity index (χ3v) is 7.25. The Hall–Kier alpha value is -5.16. The molecule has 44 heavy (non-hydrogen) atoms. The molecule has 0 fully saturated rings. The Morgan fingerprint density at radius 1 is 0.977 bits per heavy atom. The Bertz CT molecular complexity index is 1860. The van der Waals surface area contributed by atoms with Gasteiger partial charge in [0.1, 0.15) is 24.1 Å². The van der Waals surface area contributed by atoms with Crippen molar-refractivity contribution in [3.8, 4) is 17.1 Å². The molecule has 11 heteroatoms. The number of carbonyl (C=O) groups is 2. The minimum atomic E-state index is -1.11. The summed E-state index contributed by atoms with van der Waals surface area (Å²) < 4.78 is 42.5. The van der Waals surface area contributed by atoms with Crippen molar-refractivity contribution in [2.24, 2.45) is 0 Å². The molecule has 0 unspecified atom stereocenters. The molecular weight excluding hydrogens is 570 g/mol. The van der Waals surface area contributed by atoms with Crippen LogP contribution in [0.3, 0.4) is 0 Å². The summed E-state index contributed by atoms with van der Waals surface area (Å²) in [5, 5.41) is 12.1. The summed E-state index contributed by atoms with van der Waals surface area (Å²) in [5.41, 5.74) is 3.56. The van der Waals surface area contributed by atoms with Crippen molar-refractivity contribution in [2.45, 2.75) is 32.6 Å². The van der Waals surface area contributed by atoms with Crippen LogP contribution >= 0.6 is 0 Å². The van der Waals surface area contributed by atoms with Gasteiger partial charge in [0, 0.05) is 37.8 Å². The fourth-order valence-corrected chi connectivity index (χ4v) is 4.83. The number of aromatic nitrogens is 3. The van der Waals surface area contributed by atoms with Gasteiger partial charge < -0.3 is 24.5 Å². The molecule has 0 aliphatic heterocycles. The number of pyridine rings is 1. The third kappa shape index (κ3) is 6.57. The summed E-state index contributed by atoms with van der Waals surface area (Å²) in [6.45, 7) is 1.84. The van der Waals surface area contributed by atoms with Crippen LogP contribution in [-0.2, 0) is 29.1 Å². The van der Waals surface area contributed by atoms with Crippen molar-refractivity contribution in [1.29, 1.82) is 0 Å². The predicted octanol–water partition coefficient (Wildman–Crippen LogP) is 5.31. The lowest BCUT2D eigenvalue weighted by atomic mass is 10.1. The number of benzene rings is 3. The molecule has 0 aliphatic carbocycles. The number of nitrogens with one attached hydrogen (secondary N) is 1. The van der Waals surface area contributed by atoms with Gasteiger partial charge in [0.2, 0.25) is 5.88 Å². The highest BCUT2D eigenvalue weighted by Gasteiger charge is 2.22. The number of imidazole rings is 1. The lowest BCUT2D eigenvalue weighted by molar-refractivity contribution is -0.131. The molecular formula is C33H30F2N4O5. The largest absolute Gasteiger partial charge is 0.478 e. The average Bonchev–Trinajstić information content (AvgIpc) is 3.35. The van der Waals surface area contributed by atoms with Crippen molar-refractivity contribution in [3.63, 3.8) is 0 Å². The van der Waals surface area contributed by atoms with Crippen LogP contribution < -0.4 is 10.1 Å². The highest BCUT2D eigenvalue weighted by atomic mass is 19.1. The molecule has 2 heterocycles. The zero-order valence-electron chi connectivity index (χ0n) is 24.3. The Kier molecular flexibility index (Phi) is 8.96. The van der Waals surface area contributed by atoms with E-state index in [1.165, 1.54) is 38.4 Å². The van der Waals surface area contributed by atoms with Crippen LogP contribution in [0.5, 0.6) is 5.88 Å². The van der Waals surface area contributed by atoms with Crippen molar-refractivity contribution < 1.29 is 33.0 Å². The maximum atomic E-state index is 15.5. The number of nitrogens with zero attached hydrogens (tertiary/aromatic N) is 3. The third-order valence-electron chi connectivity index (χ3n) is 7.25. The number of ether oxygens (including phenoxy) is 2. The molecule has 5 aromatic rings. The number of aryl methyl sites for hydroxylation is 1. The van der Waals surface area contributed by atoms with Gasteiger partial charge in [-0.15, -0.1) is 0 Å². The van der Waals surface area contributed by atoms with Gasteiger partial charge in [-0.3, -0.25) is 4.79 Å². The van der Waals surface area contributed by atoms with Gasteiger partial charge in [0.05, 0.1) is 28.8 Å². The van der Waals surface area contributed by atoms with Crippen molar-refractivity contribution >= 4 is 22.9 Å². The molecule has 0 aliphatic rings. The molecule has 3 aromatic carbocycles. The molecule has 0 spiro atoms. The second kappa shape index (κ2) is 13.0. The number of aromatic carboxylic acids is 1. The van der Waals surface area contributed by atoms with Crippen LogP contribution in [-0.4, -0.2) is 51.8 Å². The fourth-order valence-electron chi connectivity index (χ4n) is 4.83. The number of likely N-dealkylation sites (N-methyl/N-ethyl adjacent to an activating group) is 1. The molecule has 226 valence electrons. The van der Waals surface area contributed by atoms with E-state index in [2.05, 4.69) is 15.3 Å². The molecule has 0 saturated heterocycles. The number of amides is 1. The van der Waals surface area contributed by atoms with Gasteiger partial charge >= 0.3 is 5.97 Å². The van der Waals surface area contributed by atoms with E-state index in [4.69, 9.17) is 9.47 Å². The Morgan fingerprint density at radius 3 is 2.45 bits per heavy atom. The summed E-state index contributed by atoms with van der Waals surface area (Å²) >= 11 is 0. The maximum absolute atomic E-state index is 15.5. The molecule has 1 atom stereocenters. The molecule has 0 saturated carbocycles. The smallest absolute Gasteiger partial charge is 0.335 e. The average molecular weight is 601 g/mol. The number of hydrogen-bond acceptors (Lipinski definition) is 6. The van der Waals surface area contributed by atoms with E-state index in [1.54, 1.807) is 60.0 Å². The standard InChI is InChI=1S/C33H30F2N4O5/c1-19-7-8-23(24(34)13-19)18-44-31-6-4-5-26(38-31)21-10-9-20(25(35)14-21)16-30-37-27-12-11-22(33(41)42)15-28(27)39(30)17-29(43-3)32(40)36-2/h4-15,29H,16-18H2,1-3H3,(H,36,40)(H,41,42)/t29-/m0/s1. The highest BCUT2D eigenvalue weighted by molar-refractivity contribution is 5.92. The minimum Gasteiger partial charge on any atom is -0.478 e. The number of rotatable bonds is 11. The second-order valence-corrected chi connectivity index (χ2v) is 10.2. The fraction of sp³-hybridized carbons (Fsp3) is 0.212. The molecule has 5 rings (SSSR count). The maximum Gasteiger partial charge on any atom is 0.335 e. The van der Waals surface area contributed by atoms with Crippen molar-refractivity contribution in [2.75, 3.05) is 14.2 Å². The Balaban J connectivity index is 1.41. The summed E-state index contributed by atoms with van der Waals surface area (Å²) in [6, 6.07) is 19.2. The van der Waals surface area contributed by atoms with E-state index in [9.17, 15) is 19.1 Å². The van der Waals surface area contributed by atoms with Crippen molar-refractivity contribution in [1.82, 2.24) is 19.9 Å². The highest BCUT2D eigenvalue weighted by Crippen LogP contribution is 2.26. The Labute approximate surface area is 252 Å². The van der Waals surface area contributed by atoms with Gasteiger partial charge in [-0.05, 0) is 54.4 Å². The first-order valence-electron chi connectivity index (χ1n) is 13.8. The summed E-state index contributed by atoms with van der Waals surface area (Å²) in [7, 11) is 2.88. The first-order valence-corrected chi connectivity index (χ1v) is 13.8. The van der Waals surface area contributed by atoms with Gasteiger partial charge in [0.15, 0.2) is 6.10 Å². The number of halogens is 2. The summed E-state index contributed by atoms with van der Waals surface area (Å²) in [5.74, 6) is -1.64. The monoisotopic (exact) mass is 600 g/mol. The van der Waals surface area contributed by atoms with E-state index < -0.39 is 17.9 Å². The van der Waals surface area contributed by atoms with Crippen LogP contribution in [0.15, 0.2) is 72.8 Å². The lowest BCUT2D eigenvalue weighted by Gasteiger charge is -2.17. The van der Waals surface area contributed by atoms with Crippen LogP contribution in [0.4, 0.5) is 8.78 Å². The van der Waals surface area contributed by atoms with Gasteiger partial charge in [-0.1, -0.05) is 30.3 Å². The van der Waals surface area contributed by atoms with Crippen molar-refractivity contribution in [3.05, 3.63) is 113 Å². The SMILES string of the molecule is CNC(=O)[C@H](Cn1c(Cc2ccc(-c3cccc(OCc4ccc(C)cc4F)n3)cc2F)nc2ccc(C(=O)O)cc21)OC. The number of methoxy groups -OCH3 is 1. The first-order chi connectivity index (χ1) is 21.2. The molecule has 1 amide bonds. The zero-order valence-corrected chi connectivity index (χ0v) is 24.3. The molecule has 0 radical (unpaired) electrons. The predicted molar refractivity (Wildman–Crippen MR) is 159 cm³/mol. The van der Waals surface area contributed by atoms with Crippen LogP contribution in [0.2, 0.25) is 0 Å². The Morgan fingerprint density at radius 2 is 1.75 bits per heavy atom. The number of carboxylic acid groups (broad SMARTS) is 1. The van der Waals surface area contributed by atoms with Crippen LogP contribution in [0.1, 0.15) is 32.9 Å². The van der Waals surface area contributed by atoms with E-state index >= 15 is 4.39 Å².